The predicted molar refractivity (Wildman–Crippen MR) is 140 cm³/mol. The van der Waals surface area contributed by atoms with Gasteiger partial charge in [0, 0.05) is 29.6 Å². The first-order chi connectivity index (χ1) is 17.9. The topological polar surface area (TPSA) is 55.8 Å². The summed E-state index contributed by atoms with van der Waals surface area (Å²) in [6.07, 6.45) is 1.37. The van der Waals surface area contributed by atoms with Crippen molar-refractivity contribution in [3.05, 3.63) is 87.7 Å². The van der Waals surface area contributed by atoms with E-state index < -0.39 is 0 Å². The summed E-state index contributed by atoms with van der Waals surface area (Å²) in [5.41, 5.74) is 4.83. The van der Waals surface area contributed by atoms with Crippen molar-refractivity contribution in [2.75, 3.05) is 20.3 Å². The van der Waals surface area contributed by atoms with Crippen molar-refractivity contribution in [2.24, 2.45) is 5.92 Å². The third-order valence-corrected chi connectivity index (χ3v) is 7.49. The molecule has 3 aromatic carbocycles. The van der Waals surface area contributed by atoms with Crippen molar-refractivity contribution in [3.63, 3.8) is 0 Å². The molecular weight excluding hydrogens is 493 g/mol. The molecule has 192 valence electrons. The van der Waals surface area contributed by atoms with E-state index in [0.717, 1.165) is 34.2 Å². The largest absolute Gasteiger partial charge is 0.496 e. The van der Waals surface area contributed by atoms with Gasteiger partial charge in [-0.1, -0.05) is 35.9 Å². The summed E-state index contributed by atoms with van der Waals surface area (Å²) in [5, 5.41) is 0.668. The number of methoxy groups -OCH3 is 1. The van der Waals surface area contributed by atoms with Crippen LogP contribution in [0.25, 0.3) is 11.1 Å². The van der Waals surface area contributed by atoms with Crippen molar-refractivity contribution in [1.82, 2.24) is 4.90 Å². The lowest BCUT2D eigenvalue weighted by molar-refractivity contribution is -0.142. The Bertz CT molecular complexity index is 1360. The van der Waals surface area contributed by atoms with Crippen LogP contribution in [0.2, 0.25) is 5.02 Å². The van der Waals surface area contributed by atoms with E-state index in [1.54, 1.807) is 20.1 Å². The number of ether oxygens (including phenoxy) is 2. The van der Waals surface area contributed by atoms with Crippen LogP contribution in [-0.4, -0.2) is 37.0 Å². The van der Waals surface area contributed by atoms with Gasteiger partial charge in [-0.2, -0.15) is 0 Å². The number of esters is 1. The lowest BCUT2D eigenvalue weighted by atomic mass is 9.89. The van der Waals surface area contributed by atoms with Gasteiger partial charge >= 0.3 is 5.97 Å². The summed E-state index contributed by atoms with van der Waals surface area (Å²) in [6, 6.07) is 16.4. The monoisotopic (exact) mass is 521 g/mol. The van der Waals surface area contributed by atoms with Crippen molar-refractivity contribution in [1.29, 1.82) is 0 Å². The number of nitrogens with zero attached hydrogens (tertiary/aromatic N) is 1. The van der Waals surface area contributed by atoms with Crippen LogP contribution in [0.3, 0.4) is 0 Å². The number of amides is 1. The minimum Gasteiger partial charge on any atom is -0.496 e. The molecule has 0 spiro atoms. The molecular formula is C30H29ClFNO4. The first kappa shape index (κ1) is 25.3. The van der Waals surface area contributed by atoms with Gasteiger partial charge in [-0.3, -0.25) is 9.59 Å². The van der Waals surface area contributed by atoms with Gasteiger partial charge in [0.1, 0.15) is 11.6 Å². The van der Waals surface area contributed by atoms with Gasteiger partial charge in [0.15, 0.2) is 0 Å². The van der Waals surface area contributed by atoms with Gasteiger partial charge in [0.2, 0.25) is 5.91 Å². The summed E-state index contributed by atoms with van der Waals surface area (Å²) >= 11 is 6.15. The number of halogens is 2. The second kappa shape index (κ2) is 10.5. The van der Waals surface area contributed by atoms with Crippen LogP contribution < -0.4 is 4.74 Å². The molecule has 37 heavy (non-hydrogen) atoms. The molecule has 1 aliphatic heterocycles. The lowest BCUT2D eigenvalue weighted by Crippen LogP contribution is -2.37. The number of benzene rings is 3. The van der Waals surface area contributed by atoms with Crippen molar-refractivity contribution >= 4 is 23.5 Å². The van der Waals surface area contributed by atoms with Crippen LogP contribution in [0.4, 0.5) is 4.39 Å². The second-order valence-corrected chi connectivity index (χ2v) is 10.0. The van der Waals surface area contributed by atoms with Gasteiger partial charge in [0.05, 0.1) is 20.1 Å². The van der Waals surface area contributed by atoms with Gasteiger partial charge in [-0.25, -0.2) is 4.39 Å². The maximum absolute atomic E-state index is 14.9. The average Bonchev–Trinajstić information content (AvgIpc) is 3.70. The average molecular weight is 522 g/mol. The number of carbonyl (C=O) groups is 2. The van der Waals surface area contributed by atoms with E-state index in [1.807, 2.05) is 47.4 Å². The molecule has 0 bridgehead atoms. The number of hydrogen-bond donors (Lipinski definition) is 0. The number of fused-ring (bicyclic) bond motifs is 1. The summed E-state index contributed by atoms with van der Waals surface area (Å²) in [4.78, 5) is 27.4. The zero-order valence-corrected chi connectivity index (χ0v) is 21.7. The summed E-state index contributed by atoms with van der Waals surface area (Å²) in [7, 11) is 1.58. The van der Waals surface area contributed by atoms with Crippen LogP contribution >= 0.6 is 11.6 Å². The molecule has 2 atom stereocenters. The molecule has 2 aliphatic rings. The molecule has 0 saturated heterocycles. The lowest BCUT2D eigenvalue weighted by Gasteiger charge is -2.31. The fraction of sp³-hybridized carbons (Fsp3) is 0.333. The van der Waals surface area contributed by atoms with Crippen LogP contribution in [0, 0.1) is 11.7 Å². The molecule has 2 unspecified atom stereocenters. The minimum atomic E-state index is -0.310. The summed E-state index contributed by atoms with van der Waals surface area (Å²) in [6.45, 7) is 2.89. The van der Waals surface area contributed by atoms with Crippen molar-refractivity contribution in [3.8, 4) is 16.9 Å². The van der Waals surface area contributed by atoms with Crippen LogP contribution in [0.1, 0.15) is 41.5 Å². The summed E-state index contributed by atoms with van der Waals surface area (Å²) < 4.78 is 25.6. The Kier molecular flexibility index (Phi) is 7.20. The highest BCUT2D eigenvalue weighted by atomic mass is 35.5. The number of hydrogen-bond acceptors (Lipinski definition) is 4. The van der Waals surface area contributed by atoms with E-state index >= 15 is 0 Å². The molecule has 1 fully saturated rings. The van der Waals surface area contributed by atoms with E-state index in [1.165, 1.54) is 6.07 Å². The van der Waals surface area contributed by atoms with E-state index in [2.05, 4.69) is 0 Å². The Hall–Kier alpha value is -3.38. The van der Waals surface area contributed by atoms with Crippen LogP contribution in [0.15, 0.2) is 54.6 Å². The fourth-order valence-corrected chi connectivity index (χ4v) is 5.53. The van der Waals surface area contributed by atoms with Gasteiger partial charge < -0.3 is 14.4 Å². The minimum absolute atomic E-state index is 0.0838. The Morgan fingerprint density at radius 3 is 2.68 bits per heavy atom. The van der Waals surface area contributed by atoms with Crippen molar-refractivity contribution < 1.29 is 23.5 Å². The molecule has 0 N–H and O–H groups in total. The summed E-state index contributed by atoms with van der Waals surface area (Å²) in [5.74, 6) is 0.214. The number of carbonyl (C=O) groups excluding carboxylic acids is 2. The molecule has 0 aromatic heterocycles. The highest BCUT2D eigenvalue weighted by molar-refractivity contribution is 6.30. The third kappa shape index (κ3) is 5.21. The fourth-order valence-electron chi connectivity index (χ4n) is 5.33. The Morgan fingerprint density at radius 1 is 1.08 bits per heavy atom. The first-order valence-electron chi connectivity index (χ1n) is 12.6. The maximum atomic E-state index is 14.9. The molecule has 1 heterocycles. The predicted octanol–water partition coefficient (Wildman–Crippen LogP) is 5.95. The van der Waals surface area contributed by atoms with Gasteiger partial charge in [-0.05, 0) is 83.8 Å². The molecule has 0 radical (unpaired) electrons. The maximum Gasteiger partial charge on any atom is 0.310 e. The third-order valence-electron chi connectivity index (χ3n) is 7.26. The van der Waals surface area contributed by atoms with Crippen LogP contribution in [-0.2, 0) is 33.7 Å². The second-order valence-electron chi connectivity index (χ2n) is 9.58. The molecule has 5 nitrogen and oxygen atoms in total. The van der Waals surface area contributed by atoms with E-state index in [9.17, 15) is 14.0 Å². The normalized spacial score (nSPS) is 18.2. The Balaban J connectivity index is 1.43. The highest BCUT2D eigenvalue weighted by Crippen LogP contribution is 2.49. The molecule has 3 aromatic rings. The SMILES string of the molecule is CCOC(=O)Cc1ccc(OC)c(-c2ccc(F)c3c2CN(C(=O)C2CC2c2cccc(Cl)c2)CC3)c1. The van der Waals surface area contributed by atoms with Gasteiger partial charge in [-0.15, -0.1) is 0 Å². The number of rotatable bonds is 7. The van der Waals surface area contributed by atoms with Crippen molar-refractivity contribution in [2.45, 2.75) is 38.6 Å². The molecule has 7 heteroatoms. The molecule has 5 rings (SSSR count). The van der Waals surface area contributed by atoms with Gasteiger partial charge in [0.25, 0.3) is 0 Å². The molecule has 1 amide bonds. The van der Waals surface area contributed by atoms with E-state index in [0.29, 0.717) is 42.5 Å². The quantitative estimate of drug-likeness (QED) is 0.361. The van der Waals surface area contributed by atoms with E-state index in [-0.39, 0.29) is 36.0 Å². The molecule has 1 saturated carbocycles. The van der Waals surface area contributed by atoms with Crippen LogP contribution in [0.5, 0.6) is 5.75 Å². The first-order valence-corrected chi connectivity index (χ1v) is 12.9. The Morgan fingerprint density at radius 2 is 1.92 bits per heavy atom. The standard InChI is InChI=1S/C30H29ClFNO4/c1-3-37-29(34)14-18-7-10-28(36-2)24(13-18)21-8-9-27(32)22-11-12-33(17-26(21)22)30(35)25-16-23(25)19-5-4-6-20(31)15-19/h4-10,13,15,23,25H,3,11-12,14,16-17H2,1-2H3. The highest BCUT2D eigenvalue weighted by Gasteiger charge is 2.46. The molecule has 1 aliphatic carbocycles. The zero-order chi connectivity index (χ0) is 26.1. The smallest absolute Gasteiger partial charge is 0.310 e. The van der Waals surface area contributed by atoms with E-state index in [4.69, 9.17) is 21.1 Å². The zero-order valence-electron chi connectivity index (χ0n) is 20.9. The Labute approximate surface area is 221 Å².